The Morgan fingerprint density at radius 3 is 2.80 bits per heavy atom. The normalized spacial score (nSPS) is 14.8. The number of nitrogens with zero attached hydrogens (tertiary/aromatic N) is 2. The molecule has 3 rings (SSSR count). The zero-order valence-corrected chi connectivity index (χ0v) is 14.9. The molecular formula is C20H27N3O2. The van der Waals surface area contributed by atoms with E-state index in [2.05, 4.69) is 51.2 Å². The molecule has 1 aromatic carbocycles. The molecule has 2 heterocycles. The summed E-state index contributed by atoms with van der Waals surface area (Å²) >= 11 is 0. The van der Waals surface area contributed by atoms with Gasteiger partial charge in [-0.25, -0.2) is 0 Å². The molecule has 0 unspecified atom stereocenters. The topological polar surface area (TPSA) is 46.5 Å². The molecule has 0 aliphatic carbocycles. The number of fused-ring (bicyclic) bond motifs is 1. The molecular weight excluding hydrogens is 314 g/mol. The minimum absolute atomic E-state index is 0.0128. The predicted molar refractivity (Wildman–Crippen MR) is 98.4 cm³/mol. The fraction of sp³-hybridized carbons (Fsp3) is 0.450. The molecule has 0 spiro atoms. The highest BCUT2D eigenvalue weighted by Crippen LogP contribution is 2.19. The number of hydrogen-bond acceptors (Lipinski definition) is 3. The number of nitrogens with one attached hydrogen (secondary N) is 1. The number of hydrogen-bond donors (Lipinski definition) is 1. The molecule has 134 valence electrons. The quantitative estimate of drug-likeness (QED) is 0.788. The van der Waals surface area contributed by atoms with Gasteiger partial charge in [0.1, 0.15) is 5.69 Å². The molecule has 1 N–H and O–H groups in total. The molecule has 1 aromatic heterocycles. The van der Waals surface area contributed by atoms with Crippen LogP contribution in [0.25, 0.3) is 0 Å². The van der Waals surface area contributed by atoms with Gasteiger partial charge in [-0.1, -0.05) is 30.3 Å². The second-order valence-electron chi connectivity index (χ2n) is 6.51. The van der Waals surface area contributed by atoms with Gasteiger partial charge >= 0.3 is 0 Å². The van der Waals surface area contributed by atoms with E-state index in [0.717, 1.165) is 44.7 Å². The van der Waals surface area contributed by atoms with Gasteiger partial charge in [0.25, 0.3) is 5.91 Å². The Balaban J connectivity index is 1.63. The van der Waals surface area contributed by atoms with E-state index in [1.807, 2.05) is 6.07 Å². The summed E-state index contributed by atoms with van der Waals surface area (Å²) in [4.78, 5) is 14.9. The Morgan fingerprint density at radius 2 is 2.00 bits per heavy atom. The molecule has 0 fully saturated rings. The first-order chi connectivity index (χ1) is 12.3. The van der Waals surface area contributed by atoms with E-state index in [4.69, 9.17) is 4.74 Å². The first-order valence-electron chi connectivity index (χ1n) is 9.00. The lowest BCUT2D eigenvalue weighted by atomic mass is 10.2. The van der Waals surface area contributed by atoms with Crippen molar-refractivity contribution < 1.29 is 9.53 Å². The van der Waals surface area contributed by atoms with Gasteiger partial charge < -0.3 is 14.6 Å². The van der Waals surface area contributed by atoms with E-state index in [1.54, 1.807) is 7.11 Å². The Bertz CT molecular complexity index is 682. The Hall–Kier alpha value is -2.11. The highest BCUT2D eigenvalue weighted by atomic mass is 16.5. The number of rotatable bonds is 7. The summed E-state index contributed by atoms with van der Waals surface area (Å²) in [5, 5.41) is 2.99. The maximum atomic E-state index is 12.4. The Morgan fingerprint density at radius 1 is 1.16 bits per heavy atom. The van der Waals surface area contributed by atoms with Gasteiger partial charge in [0, 0.05) is 52.1 Å². The van der Waals surface area contributed by atoms with Crippen LogP contribution >= 0.6 is 0 Å². The maximum absolute atomic E-state index is 12.4. The highest BCUT2D eigenvalue weighted by molar-refractivity contribution is 5.92. The number of ether oxygens (including phenoxy) is 1. The number of benzene rings is 1. The van der Waals surface area contributed by atoms with E-state index < -0.39 is 0 Å². The lowest BCUT2D eigenvalue weighted by Gasteiger charge is -2.19. The Labute approximate surface area is 149 Å². The van der Waals surface area contributed by atoms with Crippen molar-refractivity contribution in [3.8, 4) is 0 Å². The second kappa shape index (κ2) is 8.83. The highest BCUT2D eigenvalue weighted by Gasteiger charge is 2.19. The van der Waals surface area contributed by atoms with Crippen molar-refractivity contribution in [2.45, 2.75) is 32.5 Å². The van der Waals surface area contributed by atoms with Crippen LogP contribution in [0.15, 0.2) is 42.5 Å². The maximum Gasteiger partial charge on any atom is 0.267 e. The molecule has 2 aromatic rings. The molecule has 0 saturated carbocycles. The van der Waals surface area contributed by atoms with Gasteiger partial charge in [-0.15, -0.1) is 0 Å². The van der Waals surface area contributed by atoms with Crippen molar-refractivity contribution in [3.05, 3.63) is 59.4 Å². The molecule has 0 radical (unpaired) electrons. The summed E-state index contributed by atoms with van der Waals surface area (Å²) in [6.07, 6.45) is 1.89. The smallest absolute Gasteiger partial charge is 0.267 e. The minimum Gasteiger partial charge on any atom is -0.385 e. The van der Waals surface area contributed by atoms with Crippen molar-refractivity contribution in [3.63, 3.8) is 0 Å². The minimum atomic E-state index is 0.0128. The number of methoxy groups -OCH3 is 1. The molecule has 1 aliphatic rings. The van der Waals surface area contributed by atoms with Gasteiger partial charge in [0.2, 0.25) is 0 Å². The number of amides is 1. The monoisotopic (exact) mass is 341 g/mol. The average molecular weight is 341 g/mol. The van der Waals surface area contributed by atoms with Crippen LogP contribution in [-0.2, 0) is 24.4 Å². The summed E-state index contributed by atoms with van der Waals surface area (Å²) in [6.45, 7) is 5.09. The van der Waals surface area contributed by atoms with E-state index in [9.17, 15) is 4.79 Å². The van der Waals surface area contributed by atoms with E-state index in [0.29, 0.717) is 13.2 Å². The fourth-order valence-electron chi connectivity index (χ4n) is 3.36. The number of carbonyl (C=O) groups is 1. The third kappa shape index (κ3) is 4.71. The Kier molecular flexibility index (Phi) is 6.25. The summed E-state index contributed by atoms with van der Waals surface area (Å²) < 4.78 is 7.20. The lowest BCUT2D eigenvalue weighted by Crippen LogP contribution is -2.27. The molecule has 25 heavy (non-hydrogen) atoms. The van der Waals surface area contributed by atoms with Crippen LogP contribution in [0.2, 0.25) is 0 Å². The molecule has 1 aliphatic heterocycles. The fourth-order valence-corrected chi connectivity index (χ4v) is 3.36. The summed E-state index contributed by atoms with van der Waals surface area (Å²) in [5.74, 6) is 0.0128. The second-order valence-corrected chi connectivity index (χ2v) is 6.51. The van der Waals surface area contributed by atoms with Crippen LogP contribution in [0.1, 0.15) is 34.6 Å². The zero-order valence-electron chi connectivity index (χ0n) is 14.9. The standard InChI is InChI=1S/C20H27N3O2/c1-25-14-5-11-21-20(24)19-10-9-18-16-22(12-6-13-23(18)19)15-17-7-3-2-4-8-17/h2-4,7-10H,5-6,11-16H2,1H3,(H,21,24). The van der Waals surface area contributed by atoms with E-state index >= 15 is 0 Å². The first-order valence-corrected chi connectivity index (χ1v) is 9.00. The molecule has 5 heteroatoms. The SMILES string of the molecule is COCCCNC(=O)c1ccc2n1CCCN(Cc1ccccc1)C2. The molecule has 0 bridgehead atoms. The summed E-state index contributed by atoms with van der Waals surface area (Å²) in [7, 11) is 1.68. The molecule has 0 atom stereocenters. The van der Waals surface area contributed by atoms with Gasteiger partial charge in [-0.2, -0.15) is 0 Å². The average Bonchev–Trinajstić information content (AvgIpc) is 2.91. The van der Waals surface area contributed by atoms with E-state index in [1.165, 1.54) is 11.3 Å². The van der Waals surface area contributed by atoms with Gasteiger partial charge in [-0.05, 0) is 30.5 Å². The molecule has 5 nitrogen and oxygen atoms in total. The van der Waals surface area contributed by atoms with Crippen LogP contribution in [0.4, 0.5) is 0 Å². The predicted octanol–water partition coefficient (Wildman–Crippen LogP) is 2.66. The van der Waals surface area contributed by atoms with Crippen LogP contribution in [0.3, 0.4) is 0 Å². The van der Waals surface area contributed by atoms with Crippen LogP contribution in [0, 0.1) is 0 Å². The van der Waals surface area contributed by atoms with Crippen LogP contribution in [0.5, 0.6) is 0 Å². The van der Waals surface area contributed by atoms with Crippen molar-refractivity contribution in [1.82, 2.24) is 14.8 Å². The van der Waals surface area contributed by atoms with Gasteiger partial charge in [0.15, 0.2) is 0 Å². The summed E-state index contributed by atoms with van der Waals surface area (Å²) in [6, 6.07) is 14.6. The summed E-state index contributed by atoms with van der Waals surface area (Å²) in [5.41, 5.74) is 3.32. The molecule has 1 amide bonds. The van der Waals surface area contributed by atoms with Crippen molar-refractivity contribution in [2.75, 3.05) is 26.8 Å². The van der Waals surface area contributed by atoms with Gasteiger partial charge in [-0.3, -0.25) is 9.69 Å². The van der Waals surface area contributed by atoms with Crippen molar-refractivity contribution in [1.29, 1.82) is 0 Å². The lowest BCUT2D eigenvalue weighted by molar-refractivity contribution is 0.0939. The number of carbonyl (C=O) groups excluding carboxylic acids is 1. The first kappa shape index (κ1) is 17.7. The number of aromatic nitrogens is 1. The third-order valence-electron chi connectivity index (χ3n) is 4.61. The largest absolute Gasteiger partial charge is 0.385 e. The van der Waals surface area contributed by atoms with Crippen molar-refractivity contribution >= 4 is 5.91 Å². The third-order valence-corrected chi connectivity index (χ3v) is 4.61. The van der Waals surface area contributed by atoms with Crippen LogP contribution in [-0.4, -0.2) is 42.2 Å². The van der Waals surface area contributed by atoms with Crippen molar-refractivity contribution in [2.24, 2.45) is 0 Å². The van der Waals surface area contributed by atoms with Crippen LogP contribution < -0.4 is 5.32 Å². The molecule has 0 saturated heterocycles. The van der Waals surface area contributed by atoms with E-state index in [-0.39, 0.29) is 5.91 Å². The van der Waals surface area contributed by atoms with Gasteiger partial charge in [0.05, 0.1) is 0 Å². The zero-order chi connectivity index (χ0) is 17.5.